The van der Waals surface area contributed by atoms with Crippen molar-refractivity contribution in [2.45, 2.75) is 18.9 Å². The van der Waals surface area contributed by atoms with Gasteiger partial charge in [-0.05, 0) is 42.0 Å². The summed E-state index contributed by atoms with van der Waals surface area (Å²) in [5.41, 5.74) is 2.53. The van der Waals surface area contributed by atoms with Gasteiger partial charge in [-0.3, -0.25) is 24.2 Å². The number of nitrogens with one attached hydrogen (secondary N) is 3. The molecule has 1 aliphatic heterocycles. The number of amides is 3. The lowest BCUT2D eigenvalue weighted by molar-refractivity contribution is -0.138. The molecule has 1 aliphatic rings. The first-order chi connectivity index (χ1) is 17.9. The van der Waals surface area contributed by atoms with E-state index in [1.807, 2.05) is 18.2 Å². The van der Waals surface area contributed by atoms with E-state index in [0.717, 1.165) is 0 Å². The number of hydrogen-bond donors (Lipinski definition) is 4. The first-order valence-corrected chi connectivity index (χ1v) is 11.8. The second kappa shape index (κ2) is 11.8. The zero-order valence-corrected chi connectivity index (χ0v) is 20.0. The Balaban J connectivity index is 1.36. The normalized spacial score (nSPS) is 15.6. The summed E-state index contributed by atoms with van der Waals surface area (Å²) in [6.45, 7) is 0.200. The SMILES string of the molecule is O=C(O)CC(NC(=O)C1CC(=O)N(c2cccc(NCC(=O)Nc3ccccc3)c2)C1)c1cccnc1. The van der Waals surface area contributed by atoms with Crippen molar-refractivity contribution in [3.8, 4) is 0 Å². The minimum Gasteiger partial charge on any atom is -0.481 e. The smallest absolute Gasteiger partial charge is 0.305 e. The number of aromatic nitrogens is 1. The number of nitrogens with zero attached hydrogens (tertiary/aromatic N) is 2. The fraction of sp³-hybridized carbons (Fsp3) is 0.222. The van der Waals surface area contributed by atoms with Gasteiger partial charge in [0.25, 0.3) is 0 Å². The van der Waals surface area contributed by atoms with Crippen molar-refractivity contribution in [3.05, 3.63) is 84.7 Å². The van der Waals surface area contributed by atoms with Crippen LogP contribution < -0.4 is 20.9 Å². The molecule has 1 fully saturated rings. The summed E-state index contributed by atoms with van der Waals surface area (Å²) < 4.78 is 0. The van der Waals surface area contributed by atoms with Crippen molar-refractivity contribution in [3.63, 3.8) is 0 Å². The van der Waals surface area contributed by atoms with Gasteiger partial charge in [0.15, 0.2) is 0 Å². The quantitative estimate of drug-likeness (QED) is 0.335. The van der Waals surface area contributed by atoms with E-state index in [9.17, 15) is 24.3 Å². The van der Waals surface area contributed by atoms with Crippen LogP contribution in [0, 0.1) is 5.92 Å². The molecule has 2 unspecified atom stereocenters. The number of carbonyl (C=O) groups excluding carboxylic acids is 3. The fourth-order valence-corrected chi connectivity index (χ4v) is 4.12. The van der Waals surface area contributed by atoms with Gasteiger partial charge in [-0.2, -0.15) is 0 Å². The lowest BCUT2D eigenvalue weighted by atomic mass is 10.0. The lowest BCUT2D eigenvalue weighted by Crippen LogP contribution is -2.36. The number of carboxylic acid groups (broad SMARTS) is 1. The number of benzene rings is 2. The average Bonchev–Trinajstić information content (AvgIpc) is 3.30. The Labute approximate surface area is 213 Å². The van der Waals surface area contributed by atoms with Crippen molar-refractivity contribution >= 4 is 40.8 Å². The van der Waals surface area contributed by atoms with E-state index in [-0.39, 0.29) is 37.7 Å². The van der Waals surface area contributed by atoms with Crippen LogP contribution in [0.5, 0.6) is 0 Å². The van der Waals surface area contributed by atoms with Gasteiger partial charge in [-0.15, -0.1) is 0 Å². The number of aliphatic carboxylic acids is 1. The monoisotopic (exact) mass is 501 g/mol. The summed E-state index contributed by atoms with van der Waals surface area (Å²) >= 11 is 0. The minimum absolute atomic E-state index is 0.00972. The number of para-hydroxylation sites is 1. The van der Waals surface area contributed by atoms with Gasteiger partial charge in [0.05, 0.1) is 24.9 Å². The highest BCUT2D eigenvalue weighted by molar-refractivity contribution is 6.01. The molecule has 0 aliphatic carbocycles. The van der Waals surface area contributed by atoms with E-state index in [1.54, 1.807) is 54.7 Å². The summed E-state index contributed by atoms with van der Waals surface area (Å²) in [6, 6.07) is 18.8. The molecule has 10 nitrogen and oxygen atoms in total. The molecule has 0 radical (unpaired) electrons. The molecule has 3 amide bonds. The second-order valence-electron chi connectivity index (χ2n) is 8.67. The van der Waals surface area contributed by atoms with Crippen LogP contribution in [-0.4, -0.2) is 46.9 Å². The predicted octanol–water partition coefficient (Wildman–Crippen LogP) is 2.82. The first-order valence-electron chi connectivity index (χ1n) is 11.8. The van der Waals surface area contributed by atoms with E-state index < -0.39 is 23.8 Å². The number of hydrogen-bond acceptors (Lipinski definition) is 6. The number of rotatable bonds is 10. The summed E-state index contributed by atoms with van der Waals surface area (Å²) in [7, 11) is 0. The number of carboxylic acids is 1. The van der Waals surface area contributed by atoms with E-state index in [0.29, 0.717) is 22.6 Å². The fourth-order valence-electron chi connectivity index (χ4n) is 4.12. The molecule has 10 heteroatoms. The molecular weight excluding hydrogens is 474 g/mol. The highest BCUT2D eigenvalue weighted by Gasteiger charge is 2.36. The van der Waals surface area contributed by atoms with Crippen LogP contribution in [0.3, 0.4) is 0 Å². The maximum atomic E-state index is 13.0. The van der Waals surface area contributed by atoms with Gasteiger partial charge in [-0.1, -0.05) is 30.3 Å². The van der Waals surface area contributed by atoms with E-state index in [2.05, 4.69) is 20.9 Å². The van der Waals surface area contributed by atoms with E-state index >= 15 is 0 Å². The van der Waals surface area contributed by atoms with E-state index in [1.165, 1.54) is 11.1 Å². The van der Waals surface area contributed by atoms with Crippen molar-refractivity contribution in [1.29, 1.82) is 0 Å². The summed E-state index contributed by atoms with van der Waals surface area (Å²) in [5.74, 6) is -2.50. The first kappa shape index (κ1) is 25.4. The van der Waals surface area contributed by atoms with Crippen molar-refractivity contribution in [2.75, 3.05) is 28.6 Å². The Bertz CT molecular complexity index is 1270. The van der Waals surface area contributed by atoms with Gasteiger partial charge in [-0.25, -0.2) is 0 Å². The Hall–Kier alpha value is -4.73. The molecule has 0 spiro atoms. The van der Waals surface area contributed by atoms with Crippen LogP contribution in [-0.2, 0) is 19.2 Å². The lowest BCUT2D eigenvalue weighted by Gasteiger charge is -2.20. The van der Waals surface area contributed by atoms with E-state index in [4.69, 9.17) is 0 Å². The van der Waals surface area contributed by atoms with Crippen LogP contribution >= 0.6 is 0 Å². The molecular formula is C27H27N5O5. The van der Waals surface area contributed by atoms with Crippen LogP contribution in [0.15, 0.2) is 79.1 Å². The van der Waals surface area contributed by atoms with Crippen LogP contribution in [0.25, 0.3) is 0 Å². The highest BCUT2D eigenvalue weighted by Crippen LogP contribution is 2.28. The van der Waals surface area contributed by atoms with Gasteiger partial charge in [0.2, 0.25) is 17.7 Å². The maximum absolute atomic E-state index is 13.0. The van der Waals surface area contributed by atoms with Crippen molar-refractivity contribution in [1.82, 2.24) is 10.3 Å². The van der Waals surface area contributed by atoms with Gasteiger partial charge in [0, 0.05) is 42.4 Å². The summed E-state index contributed by atoms with van der Waals surface area (Å²) in [5, 5.41) is 17.9. The average molecular weight is 502 g/mol. The zero-order valence-electron chi connectivity index (χ0n) is 20.0. The van der Waals surface area contributed by atoms with Crippen LogP contribution in [0.2, 0.25) is 0 Å². The zero-order chi connectivity index (χ0) is 26.2. The molecule has 0 saturated carbocycles. The molecule has 4 N–H and O–H groups in total. The molecule has 0 bridgehead atoms. The Morgan fingerprint density at radius 2 is 1.81 bits per heavy atom. The van der Waals surface area contributed by atoms with Crippen LogP contribution in [0.1, 0.15) is 24.4 Å². The molecule has 3 aromatic rings. The summed E-state index contributed by atoms with van der Waals surface area (Å²) in [4.78, 5) is 54.8. The largest absolute Gasteiger partial charge is 0.481 e. The molecule has 37 heavy (non-hydrogen) atoms. The third-order valence-corrected chi connectivity index (χ3v) is 5.95. The second-order valence-corrected chi connectivity index (χ2v) is 8.67. The highest BCUT2D eigenvalue weighted by atomic mass is 16.4. The number of carbonyl (C=O) groups is 4. The predicted molar refractivity (Wildman–Crippen MR) is 138 cm³/mol. The molecule has 2 atom stereocenters. The number of anilines is 3. The maximum Gasteiger partial charge on any atom is 0.305 e. The van der Waals surface area contributed by atoms with Crippen molar-refractivity contribution in [2.24, 2.45) is 5.92 Å². The van der Waals surface area contributed by atoms with Crippen LogP contribution in [0.4, 0.5) is 17.1 Å². The Kier molecular flexibility index (Phi) is 8.09. The summed E-state index contributed by atoms with van der Waals surface area (Å²) in [6.07, 6.45) is 2.79. The van der Waals surface area contributed by atoms with Gasteiger partial charge < -0.3 is 26.0 Å². The molecule has 1 saturated heterocycles. The topological polar surface area (TPSA) is 141 Å². The van der Waals surface area contributed by atoms with Crippen molar-refractivity contribution < 1.29 is 24.3 Å². The standard InChI is InChI=1S/C27H27N5O5/c33-24(30-20-7-2-1-3-8-20)16-29-21-9-4-10-22(13-21)32-17-19(12-25(32)34)27(37)31-23(14-26(35)36)18-6-5-11-28-15-18/h1-11,13,15,19,23,29H,12,14,16-17H2,(H,30,33)(H,31,37)(H,35,36). The molecule has 1 aromatic heterocycles. The third-order valence-electron chi connectivity index (χ3n) is 5.95. The number of pyridine rings is 1. The Morgan fingerprint density at radius 3 is 2.54 bits per heavy atom. The van der Waals surface area contributed by atoms with Gasteiger partial charge in [0.1, 0.15) is 0 Å². The molecule has 4 rings (SSSR count). The minimum atomic E-state index is -1.06. The molecule has 190 valence electrons. The Morgan fingerprint density at radius 1 is 1.03 bits per heavy atom. The molecule has 2 aromatic carbocycles. The van der Waals surface area contributed by atoms with Gasteiger partial charge >= 0.3 is 5.97 Å². The third kappa shape index (κ3) is 6.91. The molecule has 2 heterocycles.